The van der Waals surface area contributed by atoms with Crippen molar-refractivity contribution in [3.63, 3.8) is 0 Å². The Bertz CT molecular complexity index is 1630. The zero-order valence-electron chi connectivity index (χ0n) is 22.6. The molecule has 0 spiro atoms. The first-order valence-corrected chi connectivity index (χ1v) is 14.1. The van der Waals surface area contributed by atoms with Crippen LogP contribution in [0, 0.1) is 0 Å². The van der Waals surface area contributed by atoms with E-state index in [0.29, 0.717) is 13.2 Å². The molecule has 3 heteroatoms. The van der Waals surface area contributed by atoms with Crippen molar-refractivity contribution in [2.24, 2.45) is 0 Å². The van der Waals surface area contributed by atoms with Gasteiger partial charge in [-0.2, -0.15) is 0 Å². The molecule has 196 valence electrons. The van der Waals surface area contributed by atoms with Crippen LogP contribution in [-0.2, 0) is 4.74 Å². The van der Waals surface area contributed by atoms with E-state index >= 15 is 0 Å². The van der Waals surface area contributed by atoms with E-state index in [-0.39, 0.29) is 0 Å². The Morgan fingerprint density at radius 3 is 2.13 bits per heavy atom. The highest BCUT2D eigenvalue weighted by molar-refractivity contribution is 6.32. The highest BCUT2D eigenvalue weighted by Crippen LogP contribution is 2.34. The summed E-state index contributed by atoms with van der Waals surface area (Å²) in [5.74, 6) is 1.71. The largest absolute Gasteiger partial charge is 0.493 e. The van der Waals surface area contributed by atoms with Gasteiger partial charge in [0.15, 0.2) is 0 Å². The molecule has 1 aliphatic carbocycles. The lowest BCUT2D eigenvalue weighted by molar-refractivity contribution is -0.261. The minimum absolute atomic E-state index is 0.601. The zero-order valence-corrected chi connectivity index (χ0v) is 23.4. The van der Waals surface area contributed by atoms with Crippen LogP contribution >= 0.6 is 11.6 Å². The zero-order chi connectivity index (χ0) is 27.0. The van der Waals surface area contributed by atoms with Gasteiger partial charge in [-0.25, -0.2) is 0 Å². The SMILES string of the molecule is CCO/C(=C\C=C1\CCCC(/C=C/C(=[O+]CC)c2ccc3ccccc3c2)=C1Cl)c1ccc2ccccc2c1. The van der Waals surface area contributed by atoms with E-state index < -0.39 is 0 Å². The van der Waals surface area contributed by atoms with E-state index in [2.05, 4.69) is 109 Å². The Morgan fingerprint density at radius 2 is 1.46 bits per heavy atom. The molecule has 0 atom stereocenters. The average molecular weight is 534 g/mol. The molecule has 0 aromatic heterocycles. The fourth-order valence-electron chi connectivity index (χ4n) is 5.01. The predicted molar refractivity (Wildman–Crippen MR) is 166 cm³/mol. The second-order valence-electron chi connectivity index (χ2n) is 9.60. The molecule has 5 rings (SSSR count). The highest BCUT2D eigenvalue weighted by Gasteiger charge is 2.17. The summed E-state index contributed by atoms with van der Waals surface area (Å²) in [6.07, 6.45) is 11.3. The Morgan fingerprint density at radius 1 is 0.821 bits per heavy atom. The first kappa shape index (κ1) is 26.7. The molecule has 2 nitrogen and oxygen atoms in total. The number of fused-ring (bicyclic) bond motifs is 2. The van der Waals surface area contributed by atoms with Gasteiger partial charge in [0.05, 0.1) is 12.2 Å². The molecular weight excluding hydrogens is 500 g/mol. The Kier molecular flexibility index (Phi) is 8.75. The van der Waals surface area contributed by atoms with Gasteiger partial charge >= 0.3 is 5.78 Å². The van der Waals surface area contributed by atoms with Gasteiger partial charge in [-0.05, 0) is 89.2 Å². The summed E-state index contributed by atoms with van der Waals surface area (Å²) in [5.41, 5.74) is 4.39. The van der Waals surface area contributed by atoms with Crippen LogP contribution < -0.4 is 0 Å². The number of hydrogen-bond acceptors (Lipinski definition) is 1. The van der Waals surface area contributed by atoms with Crippen molar-refractivity contribution in [1.29, 1.82) is 0 Å². The minimum atomic E-state index is 0.601. The number of rotatable bonds is 8. The quantitative estimate of drug-likeness (QED) is 0.0954. The molecule has 0 saturated carbocycles. The first-order chi connectivity index (χ1) is 19.2. The Hall–Kier alpha value is -3.88. The van der Waals surface area contributed by atoms with Gasteiger partial charge in [-0.15, -0.1) is 0 Å². The molecule has 4 aromatic rings. The topological polar surface area (TPSA) is 20.5 Å². The van der Waals surface area contributed by atoms with Gasteiger partial charge in [0.1, 0.15) is 5.76 Å². The number of ether oxygens (including phenoxy) is 1. The van der Waals surface area contributed by atoms with Crippen LogP contribution in [0.15, 0.2) is 125 Å². The molecule has 0 radical (unpaired) electrons. The van der Waals surface area contributed by atoms with Crippen molar-refractivity contribution >= 4 is 44.7 Å². The van der Waals surface area contributed by atoms with E-state index in [9.17, 15) is 0 Å². The first-order valence-electron chi connectivity index (χ1n) is 13.7. The summed E-state index contributed by atoms with van der Waals surface area (Å²) in [4.78, 5) is 0. The number of hydrogen-bond donors (Lipinski definition) is 0. The van der Waals surface area contributed by atoms with Gasteiger partial charge in [0, 0.05) is 23.6 Å². The number of benzene rings is 4. The second kappa shape index (κ2) is 12.8. The normalized spacial score (nSPS) is 16.1. The van der Waals surface area contributed by atoms with Crippen molar-refractivity contribution in [1.82, 2.24) is 0 Å². The predicted octanol–water partition coefficient (Wildman–Crippen LogP) is 9.97. The molecule has 0 saturated heterocycles. The van der Waals surface area contributed by atoms with Gasteiger partial charge < -0.3 is 4.74 Å². The van der Waals surface area contributed by atoms with Gasteiger partial charge in [0.25, 0.3) is 6.61 Å². The van der Waals surface area contributed by atoms with E-state index in [0.717, 1.165) is 58.1 Å². The lowest BCUT2D eigenvalue weighted by Gasteiger charge is -2.17. The molecule has 0 amide bonds. The highest BCUT2D eigenvalue weighted by atomic mass is 35.5. The molecule has 0 N–H and O–H groups in total. The van der Waals surface area contributed by atoms with E-state index in [1.807, 2.05) is 13.8 Å². The standard InChI is InChI=1S/C36H34ClO2/c1-3-38-34(32-18-16-26-10-5-7-12-30(26)24-32)22-20-28-14-9-15-29(36(28)37)21-23-35(39-4-2)33-19-17-27-11-6-8-13-31(27)25-33/h5-8,10-13,16-25H,3-4,9,14-15H2,1-2H3/q+1/b22-20+,29-21-,35-23-. The molecule has 4 aromatic carbocycles. The maximum atomic E-state index is 6.96. The number of allylic oxidation sites excluding steroid dienone is 7. The molecule has 0 unspecified atom stereocenters. The van der Waals surface area contributed by atoms with Crippen molar-refractivity contribution in [3.05, 3.63) is 137 Å². The number of carbonyl (C=O) groups excluding carboxylic acids is 1. The van der Waals surface area contributed by atoms with Crippen molar-refractivity contribution in [3.8, 4) is 0 Å². The van der Waals surface area contributed by atoms with Crippen LogP contribution in [0.4, 0.5) is 0 Å². The smallest absolute Gasteiger partial charge is 0.350 e. The Balaban J connectivity index is 1.43. The molecule has 0 fully saturated rings. The summed E-state index contributed by atoms with van der Waals surface area (Å²) >= 11 is 6.96. The lowest BCUT2D eigenvalue weighted by Crippen LogP contribution is -2.01. The Labute approximate surface area is 236 Å². The van der Waals surface area contributed by atoms with Crippen LogP contribution in [0.2, 0.25) is 0 Å². The number of halogens is 1. The second-order valence-corrected chi connectivity index (χ2v) is 9.98. The van der Waals surface area contributed by atoms with Gasteiger partial charge in [-0.1, -0.05) is 84.4 Å². The van der Waals surface area contributed by atoms with Crippen LogP contribution in [-0.4, -0.2) is 19.0 Å². The van der Waals surface area contributed by atoms with Crippen molar-refractivity contribution in [2.75, 3.05) is 13.2 Å². The summed E-state index contributed by atoms with van der Waals surface area (Å²) in [6, 6.07) is 29.6. The lowest BCUT2D eigenvalue weighted by atomic mass is 9.93. The summed E-state index contributed by atoms with van der Waals surface area (Å²) in [6.45, 7) is 5.23. The van der Waals surface area contributed by atoms with Gasteiger partial charge in [0.2, 0.25) is 0 Å². The summed E-state index contributed by atoms with van der Waals surface area (Å²) in [7, 11) is 0. The third-order valence-corrected chi connectivity index (χ3v) is 7.48. The third-order valence-electron chi connectivity index (χ3n) is 7.00. The minimum Gasteiger partial charge on any atom is -0.493 e. The van der Waals surface area contributed by atoms with E-state index in [1.165, 1.54) is 21.5 Å². The summed E-state index contributed by atoms with van der Waals surface area (Å²) in [5, 5.41) is 5.65. The van der Waals surface area contributed by atoms with E-state index in [4.69, 9.17) is 20.8 Å². The molecule has 0 bridgehead atoms. The van der Waals surface area contributed by atoms with Gasteiger partial charge in [-0.3, -0.25) is 4.42 Å². The average Bonchev–Trinajstić information content (AvgIpc) is 2.98. The summed E-state index contributed by atoms with van der Waals surface area (Å²) < 4.78 is 12.1. The molecule has 1 aliphatic rings. The fraction of sp³-hybridized carbons (Fsp3) is 0.194. The number of ketones is 1. The van der Waals surface area contributed by atoms with Crippen LogP contribution in [0.3, 0.4) is 0 Å². The van der Waals surface area contributed by atoms with Crippen molar-refractivity contribution < 1.29 is 9.16 Å². The molecular formula is C36H34ClO2+. The van der Waals surface area contributed by atoms with Crippen LogP contribution in [0.25, 0.3) is 27.3 Å². The maximum Gasteiger partial charge on any atom is 0.350 e. The maximum absolute atomic E-state index is 6.96. The van der Waals surface area contributed by atoms with E-state index in [1.54, 1.807) is 0 Å². The van der Waals surface area contributed by atoms with Crippen molar-refractivity contribution in [2.45, 2.75) is 33.1 Å². The fourth-order valence-corrected chi connectivity index (χ4v) is 5.33. The monoisotopic (exact) mass is 533 g/mol. The molecule has 39 heavy (non-hydrogen) atoms. The van der Waals surface area contributed by atoms with Crippen LogP contribution in [0.5, 0.6) is 0 Å². The van der Waals surface area contributed by atoms with Crippen LogP contribution in [0.1, 0.15) is 48.7 Å². The molecule has 0 heterocycles. The molecule has 0 aliphatic heterocycles. The third kappa shape index (κ3) is 6.41.